The quantitative estimate of drug-likeness (QED) is 0.332. The largest absolute Gasteiger partial charge is 2.00 e. The zero-order valence-corrected chi connectivity index (χ0v) is 19.7. The van der Waals surface area contributed by atoms with E-state index in [4.69, 9.17) is 0 Å². The third kappa shape index (κ3) is 20.1. The van der Waals surface area contributed by atoms with E-state index in [-0.39, 0.29) is 46.5 Å². The van der Waals surface area contributed by atoms with Crippen molar-refractivity contribution in [1.29, 1.82) is 0 Å². The van der Waals surface area contributed by atoms with Crippen LogP contribution in [0.5, 0.6) is 0 Å². The Balaban J connectivity index is -0.000000159. The van der Waals surface area contributed by atoms with Crippen molar-refractivity contribution >= 4 is 17.8 Å². The van der Waals surface area contributed by atoms with Gasteiger partial charge in [-0.2, -0.15) is 0 Å². The van der Waals surface area contributed by atoms with Gasteiger partial charge in [0, 0.05) is 0 Å². The molecule has 0 aromatic rings. The summed E-state index contributed by atoms with van der Waals surface area (Å²) >= 11 is 0. The van der Waals surface area contributed by atoms with Gasteiger partial charge in [0.1, 0.15) is 0 Å². The van der Waals surface area contributed by atoms with E-state index < -0.39 is 0 Å². The maximum atomic E-state index is 2.70. The van der Waals surface area contributed by atoms with Gasteiger partial charge in [0.2, 0.25) is 0 Å². The van der Waals surface area contributed by atoms with Crippen molar-refractivity contribution in [2.45, 2.75) is 84.7 Å². The number of unbranched alkanes of at least 4 members (excludes halogenated alkanes) is 2. The molecule has 3 atom stereocenters. The number of rotatable bonds is 6. The fraction of sp³-hybridized carbons (Fsp3) is 1.00. The van der Waals surface area contributed by atoms with E-state index >= 15 is 0 Å². The molecule has 0 N–H and O–H groups in total. The number of hydrogen-bond donors (Lipinski definition) is 0. The molecule has 3 unspecified atom stereocenters. The molecule has 0 heterocycles. The van der Waals surface area contributed by atoms with Crippen LogP contribution in [0.2, 0.25) is 0 Å². The predicted molar refractivity (Wildman–Crippen MR) is 93.6 cm³/mol. The van der Waals surface area contributed by atoms with Gasteiger partial charge in [-0.15, -0.1) is 17.8 Å². The fourth-order valence-corrected chi connectivity index (χ4v) is 5.04. The number of hydrogen-bond acceptors (Lipinski definition) is 0. The third-order valence-electron chi connectivity index (χ3n) is 3.73. The minimum absolute atomic E-state index is 0. The first-order valence-corrected chi connectivity index (χ1v) is 10.1. The second-order valence-electron chi connectivity index (χ2n) is 6.41. The predicted octanol–water partition coefficient (Wildman–Crippen LogP) is 0.101. The molecule has 0 aromatic carbocycles. The van der Waals surface area contributed by atoms with Crippen LogP contribution in [-0.4, -0.2) is 18.0 Å². The van der Waals surface area contributed by atoms with Crippen molar-refractivity contribution < 1.29 is 46.5 Å². The smallest absolute Gasteiger partial charge is 1.00 e. The summed E-state index contributed by atoms with van der Waals surface area (Å²) in [6.45, 7) is 9.40. The monoisotopic (exact) mass is 408 g/mol. The molecule has 128 valence electrons. The molecule has 1 fully saturated rings. The van der Waals surface area contributed by atoms with Crippen molar-refractivity contribution in [3.63, 3.8) is 0 Å². The minimum Gasteiger partial charge on any atom is -1.00 e. The van der Waals surface area contributed by atoms with Crippen LogP contribution in [0, 0.1) is 5.41 Å². The summed E-state index contributed by atoms with van der Waals surface area (Å²) in [4.78, 5) is 0. The van der Waals surface area contributed by atoms with Crippen LogP contribution >= 0.6 is 17.8 Å². The molecule has 0 aromatic heterocycles. The van der Waals surface area contributed by atoms with Crippen LogP contribution in [0.3, 0.4) is 0 Å². The molecule has 0 aliphatic heterocycles. The summed E-state index contributed by atoms with van der Waals surface area (Å²) in [5.41, 5.74) is 1.73. The maximum absolute atomic E-state index is 2.70. The summed E-state index contributed by atoms with van der Waals surface area (Å²) < 4.78 is 0. The molecular weight excluding hydrogens is 373 g/mol. The Hall–Kier alpha value is 2.15. The first kappa shape index (κ1) is 31.0. The Morgan fingerprint density at radius 3 is 2.05 bits per heavy atom. The molecule has 0 bridgehead atoms. The van der Waals surface area contributed by atoms with Crippen LogP contribution in [0.25, 0.3) is 0 Å². The molecule has 0 saturated heterocycles. The average Bonchev–Trinajstić information content (AvgIpc) is 2.30. The Morgan fingerprint density at radius 2 is 1.67 bits per heavy atom. The van der Waals surface area contributed by atoms with Gasteiger partial charge in [0.25, 0.3) is 0 Å². The zero-order valence-electron chi connectivity index (χ0n) is 14.5. The van der Waals surface area contributed by atoms with Crippen molar-refractivity contribution in [3.8, 4) is 0 Å². The topological polar surface area (TPSA) is 0 Å². The zero-order chi connectivity index (χ0) is 13.9. The molecular formula is C16H36Cl2P2Ti. The molecule has 1 aliphatic rings. The second-order valence-corrected chi connectivity index (χ2v) is 8.71. The van der Waals surface area contributed by atoms with Crippen molar-refractivity contribution in [1.82, 2.24) is 0 Å². The first-order valence-electron chi connectivity index (χ1n) is 7.99. The summed E-state index contributed by atoms with van der Waals surface area (Å²) in [5.74, 6) is 0. The van der Waals surface area contributed by atoms with Gasteiger partial charge in [0.15, 0.2) is 0 Å². The Labute approximate surface area is 166 Å². The van der Waals surface area contributed by atoms with Gasteiger partial charge in [-0.1, -0.05) is 53.4 Å². The molecule has 1 saturated carbocycles. The standard InChI is InChI=1S/C12H25P.C4H11P.2ClH.Ti/c1-4-5-9-13-11-7-6-8-12(2,3)10-11;1-2-3-4-5;;;/h11,13H,4-10H2,1-3H3;2-5H2,1H3;2*1H;/q;;;;+2/p-2. The molecule has 1 aliphatic carbocycles. The summed E-state index contributed by atoms with van der Waals surface area (Å²) in [5, 5.41) is 0. The van der Waals surface area contributed by atoms with Gasteiger partial charge in [-0.05, 0) is 49.1 Å². The number of halogens is 2. The second kappa shape index (κ2) is 20.2. The third-order valence-corrected chi connectivity index (χ3v) is 5.85. The molecule has 1 rings (SSSR count). The Morgan fingerprint density at radius 1 is 1.10 bits per heavy atom. The average molecular weight is 409 g/mol. The van der Waals surface area contributed by atoms with E-state index in [1.54, 1.807) is 0 Å². The van der Waals surface area contributed by atoms with E-state index in [1.165, 1.54) is 72.3 Å². The van der Waals surface area contributed by atoms with E-state index in [9.17, 15) is 0 Å². The van der Waals surface area contributed by atoms with Gasteiger partial charge in [0.05, 0.1) is 0 Å². The van der Waals surface area contributed by atoms with Crippen molar-refractivity contribution in [2.24, 2.45) is 5.41 Å². The van der Waals surface area contributed by atoms with Crippen LogP contribution in [0.1, 0.15) is 79.1 Å². The van der Waals surface area contributed by atoms with E-state index in [0.717, 1.165) is 5.66 Å². The Bertz CT molecular complexity index is 191. The van der Waals surface area contributed by atoms with Gasteiger partial charge in [-0.3, -0.25) is 0 Å². The first-order chi connectivity index (χ1) is 8.55. The van der Waals surface area contributed by atoms with Crippen molar-refractivity contribution in [3.05, 3.63) is 0 Å². The molecule has 21 heavy (non-hydrogen) atoms. The summed E-state index contributed by atoms with van der Waals surface area (Å²) in [7, 11) is 3.95. The maximum Gasteiger partial charge on any atom is 2.00 e. The van der Waals surface area contributed by atoms with Crippen molar-refractivity contribution in [2.75, 3.05) is 12.3 Å². The van der Waals surface area contributed by atoms with E-state index in [1.807, 2.05) is 0 Å². The minimum atomic E-state index is 0. The Kier molecular flexibility index (Phi) is 29.8. The molecule has 0 spiro atoms. The van der Waals surface area contributed by atoms with Gasteiger partial charge >= 0.3 is 21.7 Å². The normalized spacial score (nSPS) is 19.6. The van der Waals surface area contributed by atoms with Gasteiger partial charge < -0.3 is 24.8 Å². The van der Waals surface area contributed by atoms with Gasteiger partial charge in [-0.25, -0.2) is 0 Å². The van der Waals surface area contributed by atoms with Crippen LogP contribution in [0.15, 0.2) is 0 Å². The van der Waals surface area contributed by atoms with Crippen LogP contribution < -0.4 is 24.8 Å². The summed E-state index contributed by atoms with van der Waals surface area (Å²) in [6, 6.07) is 0. The van der Waals surface area contributed by atoms with E-state index in [0.29, 0.717) is 5.41 Å². The van der Waals surface area contributed by atoms with Crippen LogP contribution in [-0.2, 0) is 21.7 Å². The molecule has 0 nitrogen and oxygen atoms in total. The molecule has 0 amide bonds. The molecule has 0 radical (unpaired) electrons. The fourth-order valence-electron chi connectivity index (χ4n) is 2.56. The molecule has 5 heteroatoms. The van der Waals surface area contributed by atoms with Crippen LogP contribution in [0.4, 0.5) is 0 Å². The SMILES string of the molecule is CCCCP.CCCCPC1CCCC(C)(C)C1.[Cl-].[Cl-].[Ti+2]. The van der Waals surface area contributed by atoms with E-state index in [2.05, 4.69) is 36.9 Å². The summed E-state index contributed by atoms with van der Waals surface area (Å²) in [6.07, 6.45) is 14.2.